The van der Waals surface area contributed by atoms with E-state index in [-0.39, 0.29) is 0 Å². The molecular formula is C14H28N2. The van der Waals surface area contributed by atoms with Crippen LogP contribution in [-0.2, 0) is 0 Å². The standard InChI is InChI=1S/C14H28N2/c1-2-16(14-9-3-4-10-14)12-6-8-13-7-5-11-15-13/h13-15H,2-12H2,1H3. The van der Waals surface area contributed by atoms with Gasteiger partial charge in [-0.05, 0) is 58.2 Å². The van der Waals surface area contributed by atoms with E-state index in [2.05, 4.69) is 17.1 Å². The summed E-state index contributed by atoms with van der Waals surface area (Å²) in [5, 5.41) is 3.60. The molecule has 16 heavy (non-hydrogen) atoms. The van der Waals surface area contributed by atoms with Crippen LogP contribution in [0.4, 0.5) is 0 Å². The third kappa shape index (κ3) is 3.46. The lowest BCUT2D eigenvalue weighted by Crippen LogP contribution is -2.34. The van der Waals surface area contributed by atoms with Crippen molar-refractivity contribution < 1.29 is 0 Å². The minimum Gasteiger partial charge on any atom is -0.314 e. The van der Waals surface area contributed by atoms with E-state index < -0.39 is 0 Å². The Kier molecular flexibility index (Phi) is 5.11. The molecule has 0 spiro atoms. The Morgan fingerprint density at radius 1 is 1.12 bits per heavy atom. The zero-order valence-corrected chi connectivity index (χ0v) is 10.9. The fraction of sp³-hybridized carbons (Fsp3) is 1.00. The van der Waals surface area contributed by atoms with Crippen molar-refractivity contribution in [2.24, 2.45) is 0 Å². The lowest BCUT2D eigenvalue weighted by Gasteiger charge is -2.27. The van der Waals surface area contributed by atoms with Crippen molar-refractivity contribution in [2.45, 2.75) is 70.4 Å². The Morgan fingerprint density at radius 3 is 2.56 bits per heavy atom. The van der Waals surface area contributed by atoms with Gasteiger partial charge in [-0.2, -0.15) is 0 Å². The average molecular weight is 224 g/mol. The molecule has 2 nitrogen and oxygen atoms in total. The van der Waals surface area contributed by atoms with Crippen LogP contribution < -0.4 is 5.32 Å². The minimum atomic E-state index is 0.835. The predicted molar refractivity (Wildman–Crippen MR) is 69.8 cm³/mol. The molecule has 1 unspecified atom stereocenters. The molecule has 2 fully saturated rings. The Hall–Kier alpha value is -0.0800. The van der Waals surface area contributed by atoms with Crippen LogP contribution in [0.25, 0.3) is 0 Å². The van der Waals surface area contributed by atoms with Gasteiger partial charge in [-0.3, -0.25) is 0 Å². The van der Waals surface area contributed by atoms with Crippen molar-refractivity contribution in [3.05, 3.63) is 0 Å². The third-order valence-corrected chi connectivity index (χ3v) is 4.41. The van der Waals surface area contributed by atoms with Crippen molar-refractivity contribution in [1.82, 2.24) is 10.2 Å². The molecule has 1 saturated heterocycles. The van der Waals surface area contributed by atoms with Crippen LogP contribution in [0.2, 0.25) is 0 Å². The van der Waals surface area contributed by atoms with Gasteiger partial charge in [-0.25, -0.2) is 0 Å². The molecule has 0 amide bonds. The van der Waals surface area contributed by atoms with Crippen molar-refractivity contribution in [3.63, 3.8) is 0 Å². The second-order valence-electron chi connectivity index (χ2n) is 5.50. The number of rotatable bonds is 6. The van der Waals surface area contributed by atoms with E-state index in [0.29, 0.717) is 0 Å². The Morgan fingerprint density at radius 2 is 1.94 bits per heavy atom. The second kappa shape index (κ2) is 6.61. The van der Waals surface area contributed by atoms with Gasteiger partial charge >= 0.3 is 0 Å². The Balaban J connectivity index is 1.62. The van der Waals surface area contributed by atoms with Crippen LogP contribution in [-0.4, -0.2) is 36.6 Å². The molecule has 94 valence electrons. The summed E-state index contributed by atoms with van der Waals surface area (Å²) >= 11 is 0. The van der Waals surface area contributed by atoms with Crippen LogP contribution in [0.5, 0.6) is 0 Å². The lowest BCUT2D eigenvalue weighted by atomic mass is 10.1. The predicted octanol–water partition coefficient (Wildman–Crippen LogP) is 2.78. The molecular weight excluding hydrogens is 196 g/mol. The first-order valence-corrected chi connectivity index (χ1v) is 7.37. The molecule has 1 N–H and O–H groups in total. The molecule has 1 atom stereocenters. The average Bonchev–Trinajstić information content (AvgIpc) is 2.96. The van der Waals surface area contributed by atoms with E-state index in [1.54, 1.807) is 0 Å². The molecule has 2 aliphatic rings. The molecule has 1 aliphatic carbocycles. The molecule has 0 aromatic rings. The molecule has 1 saturated carbocycles. The van der Waals surface area contributed by atoms with Gasteiger partial charge in [0.15, 0.2) is 0 Å². The maximum absolute atomic E-state index is 3.60. The van der Waals surface area contributed by atoms with E-state index in [4.69, 9.17) is 0 Å². The first-order chi connectivity index (χ1) is 7.90. The number of hydrogen-bond donors (Lipinski definition) is 1. The summed E-state index contributed by atoms with van der Waals surface area (Å²) in [5.74, 6) is 0. The fourth-order valence-corrected chi connectivity index (χ4v) is 3.41. The highest BCUT2D eigenvalue weighted by Crippen LogP contribution is 2.23. The summed E-state index contributed by atoms with van der Waals surface area (Å²) < 4.78 is 0. The van der Waals surface area contributed by atoms with Gasteiger partial charge in [0.05, 0.1) is 0 Å². The fourth-order valence-electron chi connectivity index (χ4n) is 3.41. The van der Waals surface area contributed by atoms with Crippen LogP contribution in [0.3, 0.4) is 0 Å². The van der Waals surface area contributed by atoms with E-state index >= 15 is 0 Å². The van der Waals surface area contributed by atoms with Crippen LogP contribution in [0.15, 0.2) is 0 Å². The number of hydrogen-bond acceptors (Lipinski definition) is 2. The summed E-state index contributed by atoms with van der Waals surface area (Å²) in [4.78, 5) is 2.72. The van der Waals surface area contributed by atoms with Gasteiger partial charge < -0.3 is 10.2 Å². The Labute approximate surface area is 101 Å². The van der Waals surface area contributed by atoms with E-state index in [0.717, 1.165) is 12.1 Å². The zero-order chi connectivity index (χ0) is 11.2. The SMILES string of the molecule is CCN(CCCC1CCCN1)C1CCCC1. The maximum Gasteiger partial charge on any atom is 0.00951 e. The van der Waals surface area contributed by atoms with Crippen LogP contribution in [0, 0.1) is 0 Å². The molecule has 1 aliphatic heterocycles. The molecule has 2 heteroatoms. The van der Waals surface area contributed by atoms with E-state index in [9.17, 15) is 0 Å². The molecule has 0 aromatic heterocycles. The smallest absolute Gasteiger partial charge is 0.00951 e. The summed E-state index contributed by atoms with van der Waals surface area (Å²) in [6, 6.07) is 1.75. The normalized spacial score (nSPS) is 27.0. The van der Waals surface area contributed by atoms with Gasteiger partial charge in [0.25, 0.3) is 0 Å². The highest BCUT2D eigenvalue weighted by atomic mass is 15.1. The van der Waals surface area contributed by atoms with Crippen molar-refractivity contribution in [3.8, 4) is 0 Å². The second-order valence-corrected chi connectivity index (χ2v) is 5.50. The monoisotopic (exact) mass is 224 g/mol. The third-order valence-electron chi connectivity index (χ3n) is 4.41. The first kappa shape index (κ1) is 12.4. The van der Waals surface area contributed by atoms with Crippen LogP contribution in [0.1, 0.15) is 58.3 Å². The minimum absolute atomic E-state index is 0.835. The molecule has 1 heterocycles. The topological polar surface area (TPSA) is 15.3 Å². The summed E-state index contributed by atoms with van der Waals surface area (Å²) in [6.45, 7) is 6.17. The van der Waals surface area contributed by atoms with Crippen LogP contribution >= 0.6 is 0 Å². The van der Waals surface area contributed by atoms with Gasteiger partial charge in [-0.15, -0.1) is 0 Å². The summed E-state index contributed by atoms with van der Waals surface area (Å²) in [6.07, 6.45) is 11.4. The molecule has 0 aromatic carbocycles. The lowest BCUT2D eigenvalue weighted by molar-refractivity contribution is 0.203. The van der Waals surface area contributed by atoms with Gasteiger partial charge in [0.2, 0.25) is 0 Å². The van der Waals surface area contributed by atoms with Crippen molar-refractivity contribution in [1.29, 1.82) is 0 Å². The van der Waals surface area contributed by atoms with E-state index in [1.165, 1.54) is 71.0 Å². The molecule has 2 rings (SSSR count). The van der Waals surface area contributed by atoms with E-state index in [1.807, 2.05) is 0 Å². The summed E-state index contributed by atoms with van der Waals surface area (Å²) in [5.41, 5.74) is 0. The highest BCUT2D eigenvalue weighted by molar-refractivity contribution is 4.78. The number of nitrogens with zero attached hydrogens (tertiary/aromatic N) is 1. The quantitative estimate of drug-likeness (QED) is 0.746. The van der Waals surface area contributed by atoms with Gasteiger partial charge in [-0.1, -0.05) is 19.8 Å². The maximum atomic E-state index is 3.60. The number of nitrogens with one attached hydrogen (secondary N) is 1. The Bertz CT molecular complexity index is 181. The zero-order valence-electron chi connectivity index (χ0n) is 10.9. The highest BCUT2D eigenvalue weighted by Gasteiger charge is 2.21. The van der Waals surface area contributed by atoms with Gasteiger partial charge in [0, 0.05) is 12.1 Å². The molecule has 0 radical (unpaired) electrons. The van der Waals surface area contributed by atoms with Gasteiger partial charge in [0.1, 0.15) is 0 Å². The molecule has 0 bridgehead atoms. The first-order valence-electron chi connectivity index (χ1n) is 7.37. The van der Waals surface area contributed by atoms with Crippen molar-refractivity contribution in [2.75, 3.05) is 19.6 Å². The van der Waals surface area contributed by atoms with Crippen molar-refractivity contribution >= 4 is 0 Å². The summed E-state index contributed by atoms with van der Waals surface area (Å²) in [7, 11) is 0. The largest absolute Gasteiger partial charge is 0.314 e.